The first-order valence-electron chi connectivity index (χ1n) is 5.87. The maximum atomic E-state index is 12.5. The Morgan fingerprint density at radius 2 is 1.65 bits per heavy atom. The molecule has 0 aromatic heterocycles. The van der Waals surface area contributed by atoms with Crippen LogP contribution in [0.2, 0.25) is 0 Å². The van der Waals surface area contributed by atoms with E-state index in [1.807, 2.05) is 6.92 Å². The molecule has 0 aliphatic carbocycles. The van der Waals surface area contributed by atoms with E-state index in [1.165, 1.54) is 0 Å². The predicted molar refractivity (Wildman–Crippen MR) is 70.5 cm³/mol. The zero-order valence-corrected chi connectivity index (χ0v) is 10.7. The van der Waals surface area contributed by atoms with E-state index in [0.717, 1.165) is 29.8 Å². The van der Waals surface area contributed by atoms with Gasteiger partial charge in [-0.1, -0.05) is 23.8 Å². The monoisotopic (exact) mass is 279 g/mol. The lowest BCUT2D eigenvalue weighted by atomic mass is 9.99. The molecule has 0 aliphatic rings. The highest BCUT2D eigenvalue weighted by Crippen LogP contribution is 2.29. The number of alkyl halides is 3. The number of carbonyl (C=O) groups is 1. The average molecular weight is 279 g/mol. The number of nitrogen functional groups attached to an aromatic ring is 1. The summed E-state index contributed by atoms with van der Waals surface area (Å²) < 4.78 is 37.4. The van der Waals surface area contributed by atoms with Crippen molar-refractivity contribution in [1.82, 2.24) is 0 Å². The van der Waals surface area contributed by atoms with Gasteiger partial charge in [-0.2, -0.15) is 13.2 Å². The molecular formula is C15H12F3NO. The summed E-state index contributed by atoms with van der Waals surface area (Å²) >= 11 is 0. The fraction of sp³-hybridized carbons (Fsp3) is 0.133. The number of benzene rings is 2. The number of nitrogens with two attached hydrogens (primary N) is 1. The van der Waals surface area contributed by atoms with E-state index in [9.17, 15) is 18.0 Å². The van der Waals surface area contributed by atoms with Crippen LogP contribution in [0.3, 0.4) is 0 Å². The summed E-state index contributed by atoms with van der Waals surface area (Å²) in [5.41, 5.74) is 6.57. The van der Waals surface area contributed by atoms with Crippen LogP contribution in [0.15, 0.2) is 42.5 Å². The third-order valence-electron chi connectivity index (χ3n) is 2.93. The van der Waals surface area contributed by atoms with Crippen molar-refractivity contribution in [2.75, 3.05) is 5.73 Å². The molecule has 2 aromatic carbocycles. The lowest BCUT2D eigenvalue weighted by Gasteiger charge is -2.09. The summed E-state index contributed by atoms with van der Waals surface area (Å²) in [6.45, 7) is 1.81. The Balaban J connectivity index is 2.37. The molecule has 0 saturated heterocycles. The van der Waals surface area contributed by atoms with Gasteiger partial charge in [0.2, 0.25) is 0 Å². The van der Waals surface area contributed by atoms with Crippen LogP contribution in [0.5, 0.6) is 0 Å². The standard InChI is InChI=1S/C15H12F3NO/c1-9-2-7-13(19)12(8-9)14(20)10-3-5-11(6-4-10)15(16,17)18/h2-8H,19H2,1H3. The largest absolute Gasteiger partial charge is 0.416 e. The molecule has 0 amide bonds. The van der Waals surface area contributed by atoms with Gasteiger partial charge in [-0.25, -0.2) is 0 Å². The molecule has 20 heavy (non-hydrogen) atoms. The molecule has 2 N–H and O–H groups in total. The molecule has 0 fully saturated rings. The minimum absolute atomic E-state index is 0.176. The van der Waals surface area contributed by atoms with Crippen LogP contribution < -0.4 is 5.73 Å². The molecule has 2 nitrogen and oxygen atoms in total. The average Bonchev–Trinajstić information content (AvgIpc) is 2.40. The number of anilines is 1. The van der Waals surface area contributed by atoms with Gasteiger partial charge in [0, 0.05) is 16.8 Å². The topological polar surface area (TPSA) is 43.1 Å². The zero-order valence-electron chi connectivity index (χ0n) is 10.7. The lowest BCUT2D eigenvalue weighted by molar-refractivity contribution is -0.137. The van der Waals surface area contributed by atoms with Gasteiger partial charge in [-0.15, -0.1) is 0 Å². The van der Waals surface area contributed by atoms with Crippen molar-refractivity contribution in [3.8, 4) is 0 Å². The van der Waals surface area contributed by atoms with Crippen LogP contribution in [0.25, 0.3) is 0 Å². The Morgan fingerprint density at radius 3 is 2.20 bits per heavy atom. The van der Waals surface area contributed by atoms with E-state index in [1.54, 1.807) is 18.2 Å². The summed E-state index contributed by atoms with van der Waals surface area (Å²) in [6, 6.07) is 9.08. The Kier molecular flexibility index (Phi) is 3.53. The molecule has 0 aliphatic heterocycles. The number of ketones is 1. The van der Waals surface area contributed by atoms with Gasteiger partial charge in [0.05, 0.1) is 5.56 Å². The second-order valence-corrected chi connectivity index (χ2v) is 4.49. The van der Waals surface area contributed by atoms with Crippen molar-refractivity contribution >= 4 is 11.5 Å². The van der Waals surface area contributed by atoms with E-state index in [4.69, 9.17) is 5.73 Å². The summed E-state index contributed by atoms with van der Waals surface area (Å²) in [4.78, 5) is 12.2. The zero-order chi connectivity index (χ0) is 14.9. The Morgan fingerprint density at radius 1 is 1.05 bits per heavy atom. The molecule has 0 saturated carbocycles. The highest BCUT2D eigenvalue weighted by molar-refractivity contribution is 6.12. The molecule has 0 unspecified atom stereocenters. The molecular weight excluding hydrogens is 267 g/mol. The fourth-order valence-corrected chi connectivity index (χ4v) is 1.83. The van der Waals surface area contributed by atoms with Crippen molar-refractivity contribution in [1.29, 1.82) is 0 Å². The number of hydrogen-bond donors (Lipinski definition) is 1. The molecule has 0 atom stereocenters. The van der Waals surface area contributed by atoms with Crippen molar-refractivity contribution in [2.45, 2.75) is 13.1 Å². The molecule has 0 radical (unpaired) electrons. The number of hydrogen-bond acceptors (Lipinski definition) is 2. The van der Waals surface area contributed by atoms with Crippen molar-refractivity contribution < 1.29 is 18.0 Å². The highest BCUT2D eigenvalue weighted by Gasteiger charge is 2.30. The first kappa shape index (κ1) is 14.1. The van der Waals surface area contributed by atoms with Crippen molar-refractivity contribution in [2.24, 2.45) is 0 Å². The van der Waals surface area contributed by atoms with Crippen LogP contribution in [0.1, 0.15) is 27.0 Å². The Hall–Kier alpha value is -2.30. The van der Waals surface area contributed by atoms with Crippen molar-refractivity contribution in [3.63, 3.8) is 0 Å². The van der Waals surface area contributed by atoms with Gasteiger partial charge in [-0.3, -0.25) is 4.79 Å². The maximum absolute atomic E-state index is 12.5. The second kappa shape index (κ2) is 5.00. The number of rotatable bonds is 2. The van der Waals surface area contributed by atoms with Crippen molar-refractivity contribution in [3.05, 3.63) is 64.7 Å². The minimum Gasteiger partial charge on any atom is -0.398 e. The number of halogens is 3. The molecule has 0 heterocycles. The predicted octanol–water partition coefficient (Wildman–Crippen LogP) is 3.83. The van der Waals surface area contributed by atoms with Gasteiger partial charge >= 0.3 is 6.18 Å². The van der Waals surface area contributed by atoms with Gasteiger partial charge in [0.15, 0.2) is 5.78 Å². The summed E-state index contributed by atoms with van der Waals surface area (Å²) in [5.74, 6) is -0.389. The smallest absolute Gasteiger partial charge is 0.398 e. The molecule has 104 valence electrons. The Labute approximate surface area is 114 Å². The van der Waals surface area contributed by atoms with E-state index in [-0.39, 0.29) is 11.3 Å². The van der Waals surface area contributed by atoms with Gasteiger partial charge in [0.1, 0.15) is 0 Å². The Bertz CT molecular complexity index is 645. The molecule has 5 heteroatoms. The van der Waals surface area contributed by atoms with Crippen LogP contribution in [0.4, 0.5) is 18.9 Å². The normalized spacial score (nSPS) is 11.4. The quantitative estimate of drug-likeness (QED) is 0.670. The van der Waals surface area contributed by atoms with Crippen LogP contribution in [-0.4, -0.2) is 5.78 Å². The van der Waals surface area contributed by atoms with Gasteiger partial charge < -0.3 is 5.73 Å². The first-order chi connectivity index (χ1) is 9.29. The molecule has 2 rings (SSSR count). The van der Waals surface area contributed by atoms with Gasteiger partial charge in [-0.05, 0) is 31.2 Å². The van der Waals surface area contributed by atoms with Crippen LogP contribution in [0, 0.1) is 6.92 Å². The summed E-state index contributed by atoms with van der Waals surface area (Å²) in [5, 5.41) is 0. The van der Waals surface area contributed by atoms with E-state index in [0.29, 0.717) is 11.3 Å². The summed E-state index contributed by atoms with van der Waals surface area (Å²) in [7, 11) is 0. The van der Waals surface area contributed by atoms with Crippen LogP contribution >= 0.6 is 0 Å². The first-order valence-corrected chi connectivity index (χ1v) is 5.87. The third-order valence-corrected chi connectivity index (χ3v) is 2.93. The van der Waals surface area contributed by atoms with E-state index in [2.05, 4.69) is 0 Å². The van der Waals surface area contributed by atoms with Crippen LogP contribution in [-0.2, 0) is 6.18 Å². The summed E-state index contributed by atoms with van der Waals surface area (Å²) in [6.07, 6.45) is -4.41. The number of aryl methyl sites for hydroxylation is 1. The van der Waals surface area contributed by atoms with Gasteiger partial charge in [0.25, 0.3) is 0 Å². The molecule has 2 aromatic rings. The SMILES string of the molecule is Cc1ccc(N)c(C(=O)c2ccc(C(F)(F)F)cc2)c1. The lowest BCUT2D eigenvalue weighted by Crippen LogP contribution is -2.08. The number of carbonyl (C=O) groups excluding carboxylic acids is 1. The van der Waals surface area contributed by atoms with E-state index < -0.39 is 11.7 Å². The minimum atomic E-state index is -4.41. The molecule has 0 bridgehead atoms. The maximum Gasteiger partial charge on any atom is 0.416 e. The third kappa shape index (κ3) is 2.82. The second-order valence-electron chi connectivity index (χ2n) is 4.49. The highest BCUT2D eigenvalue weighted by atomic mass is 19.4. The van der Waals surface area contributed by atoms with E-state index >= 15 is 0 Å². The fourth-order valence-electron chi connectivity index (χ4n) is 1.83. The molecule has 0 spiro atoms.